The molecule has 0 saturated heterocycles. The number of aryl methyl sites for hydroxylation is 1. The van der Waals surface area contributed by atoms with Crippen molar-refractivity contribution in [2.24, 2.45) is 0 Å². The molecule has 0 unspecified atom stereocenters. The third-order valence-corrected chi connectivity index (χ3v) is 5.55. The summed E-state index contributed by atoms with van der Waals surface area (Å²) in [5.41, 5.74) is 0.416. The Kier molecular flexibility index (Phi) is 4.16. The smallest absolute Gasteiger partial charge is 0.346 e. The summed E-state index contributed by atoms with van der Waals surface area (Å²) in [7, 11) is -3.73. The predicted molar refractivity (Wildman–Crippen MR) is 69.2 cm³/mol. The maximum atomic E-state index is 12.0. The number of rotatable bonds is 6. The molecule has 8 nitrogen and oxygen atoms in total. The molecule has 0 amide bonds. The Balaban J connectivity index is 2.06. The quantitative estimate of drug-likeness (QED) is 0.802. The minimum absolute atomic E-state index is 0.0160. The van der Waals surface area contributed by atoms with Crippen molar-refractivity contribution < 1.29 is 22.8 Å². The van der Waals surface area contributed by atoms with E-state index in [9.17, 15) is 13.2 Å². The molecule has 0 aliphatic heterocycles. The van der Waals surface area contributed by atoms with Crippen molar-refractivity contribution in [3.05, 3.63) is 28.7 Å². The van der Waals surface area contributed by atoms with Gasteiger partial charge in [0.25, 0.3) is 0 Å². The number of carboxylic acids is 1. The van der Waals surface area contributed by atoms with E-state index in [1.54, 1.807) is 6.92 Å². The van der Waals surface area contributed by atoms with Gasteiger partial charge in [-0.25, -0.2) is 17.9 Å². The van der Waals surface area contributed by atoms with Gasteiger partial charge in [-0.2, -0.15) is 4.98 Å². The van der Waals surface area contributed by atoms with Gasteiger partial charge in [-0.3, -0.25) is 0 Å². The second kappa shape index (κ2) is 5.69. The van der Waals surface area contributed by atoms with Gasteiger partial charge in [-0.15, -0.1) is 11.3 Å². The highest BCUT2D eigenvalue weighted by molar-refractivity contribution is 7.91. The number of thiophene rings is 1. The van der Waals surface area contributed by atoms with E-state index in [4.69, 9.17) is 9.63 Å². The van der Waals surface area contributed by atoms with Gasteiger partial charge >= 0.3 is 5.97 Å². The molecule has 10 heteroatoms. The third-order valence-electron chi connectivity index (χ3n) is 2.39. The summed E-state index contributed by atoms with van der Waals surface area (Å²) < 4.78 is 31.0. The Morgan fingerprint density at radius 2 is 2.30 bits per heavy atom. The van der Waals surface area contributed by atoms with Crippen molar-refractivity contribution in [3.63, 3.8) is 0 Å². The normalized spacial score (nSPS) is 11.7. The van der Waals surface area contributed by atoms with Crippen LogP contribution in [0.3, 0.4) is 0 Å². The van der Waals surface area contributed by atoms with Gasteiger partial charge in [0.05, 0.1) is 0 Å². The van der Waals surface area contributed by atoms with Gasteiger partial charge in [0.1, 0.15) is 9.09 Å². The Hall–Kier alpha value is -1.78. The maximum absolute atomic E-state index is 12.0. The van der Waals surface area contributed by atoms with Crippen molar-refractivity contribution in [1.29, 1.82) is 0 Å². The standard InChI is InChI=1S/C10H11N3O5S2/c1-6-4-8(19-9(6)10(14)15)20(16,17)13-3-2-7-11-5-12-18-7/h4-5,13H,2-3H2,1H3,(H,14,15). The molecule has 0 atom stereocenters. The number of hydrogen-bond acceptors (Lipinski definition) is 7. The van der Waals surface area contributed by atoms with E-state index >= 15 is 0 Å². The van der Waals surface area contributed by atoms with E-state index in [1.807, 2.05) is 0 Å². The van der Waals surface area contributed by atoms with Crippen LogP contribution >= 0.6 is 11.3 Å². The lowest BCUT2D eigenvalue weighted by Crippen LogP contribution is -2.25. The van der Waals surface area contributed by atoms with Crippen LogP contribution in [-0.2, 0) is 16.4 Å². The number of sulfonamides is 1. The number of nitrogens with zero attached hydrogens (tertiary/aromatic N) is 2. The third kappa shape index (κ3) is 3.21. The highest BCUT2D eigenvalue weighted by Gasteiger charge is 2.21. The molecule has 2 rings (SSSR count). The number of aromatic carboxylic acids is 1. The minimum atomic E-state index is -3.73. The predicted octanol–water partition coefficient (Wildman–Crippen LogP) is 0.659. The topological polar surface area (TPSA) is 122 Å². The Labute approximate surface area is 118 Å². The van der Waals surface area contributed by atoms with Crippen LogP contribution in [0.5, 0.6) is 0 Å². The zero-order chi connectivity index (χ0) is 14.8. The fourth-order valence-corrected chi connectivity index (χ4v) is 3.92. The first-order valence-electron chi connectivity index (χ1n) is 5.49. The second-order valence-corrected chi connectivity index (χ2v) is 6.91. The molecule has 0 bridgehead atoms. The van der Waals surface area contributed by atoms with Crippen molar-refractivity contribution in [2.45, 2.75) is 17.6 Å². The molecule has 0 fully saturated rings. The molecule has 2 aromatic heterocycles. The number of carboxylic acid groups (broad SMARTS) is 1. The summed E-state index contributed by atoms with van der Waals surface area (Å²) in [5, 5.41) is 12.3. The highest BCUT2D eigenvalue weighted by atomic mass is 32.2. The summed E-state index contributed by atoms with van der Waals surface area (Å²) >= 11 is 0.721. The monoisotopic (exact) mass is 317 g/mol. The lowest BCUT2D eigenvalue weighted by atomic mass is 10.3. The lowest BCUT2D eigenvalue weighted by Gasteiger charge is -2.02. The molecule has 2 N–H and O–H groups in total. The van der Waals surface area contributed by atoms with Crippen molar-refractivity contribution >= 4 is 27.3 Å². The maximum Gasteiger partial charge on any atom is 0.346 e. The van der Waals surface area contributed by atoms with Crippen LogP contribution in [0.2, 0.25) is 0 Å². The fourth-order valence-electron chi connectivity index (χ4n) is 1.47. The number of hydrogen-bond donors (Lipinski definition) is 2. The van der Waals surface area contributed by atoms with Gasteiger partial charge in [0.15, 0.2) is 6.33 Å². The van der Waals surface area contributed by atoms with E-state index in [-0.39, 0.29) is 22.1 Å². The van der Waals surface area contributed by atoms with E-state index in [0.717, 1.165) is 11.3 Å². The second-order valence-electron chi connectivity index (χ2n) is 3.87. The number of nitrogens with one attached hydrogen (secondary N) is 1. The average Bonchev–Trinajstić information content (AvgIpc) is 2.98. The van der Waals surface area contributed by atoms with Gasteiger partial charge < -0.3 is 9.63 Å². The summed E-state index contributed by atoms with van der Waals surface area (Å²) in [4.78, 5) is 14.7. The van der Waals surface area contributed by atoms with Gasteiger partial charge in [0.2, 0.25) is 15.9 Å². The van der Waals surface area contributed by atoms with E-state index < -0.39 is 16.0 Å². The van der Waals surface area contributed by atoms with E-state index in [0.29, 0.717) is 11.5 Å². The molecule has 0 radical (unpaired) electrons. The summed E-state index contributed by atoms with van der Waals surface area (Å²) in [6, 6.07) is 1.34. The molecule has 0 saturated carbocycles. The molecular formula is C10H11N3O5S2. The Morgan fingerprint density at radius 3 is 2.85 bits per heavy atom. The largest absolute Gasteiger partial charge is 0.477 e. The van der Waals surface area contributed by atoms with Crippen molar-refractivity contribution in [2.75, 3.05) is 6.54 Å². The summed E-state index contributed by atoms with van der Waals surface area (Å²) in [6.07, 6.45) is 1.49. The van der Waals surface area contributed by atoms with Crippen molar-refractivity contribution in [1.82, 2.24) is 14.9 Å². The molecule has 0 aliphatic carbocycles. The Morgan fingerprint density at radius 1 is 1.55 bits per heavy atom. The average molecular weight is 317 g/mol. The first-order valence-corrected chi connectivity index (χ1v) is 7.79. The minimum Gasteiger partial charge on any atom is -0.477 e. The Bertz CT molecular complexity index is 705. The van der Waals surface area contributed by atoms with Crippen LogP contribution in [0.15, 0.2) is 21.1 Å². The molecule has 20 heavy (non-hydrogen) atoms. The van der Waals surface area contributed by atoms with Crippen LogP contribution in [0.1, 0.15) is 21.1 Å². The molecule has 2 heterocycles. The first kappa shape index (κ1) is 14.6. The van der Waals surface area contributed by atoms with Crippen molar-refractivity contribution in [3.8, 4) is 0 Å². The first-order chi connectivity index (χ1) is 9.40. The fraction of sp³-hybridized carbons (Fsp3) is 0.300. The zero-order valence-electron chi connectivity index (χ0n) is 10.4. The molecule has 0 aromatic carbocycles. The van der Waals surface area contributed by atoms with Crippen LogP contribution < -0.4 is 4.72 Å². The van der Waals surface area contributed by atoms with Crippen LogP contribution in [0, 0.1) is 6.92 Å². The number of carbonyl (C=O) groups is 1. The van der Waals surface area contributed by atoms with E-state index in [2.05, 4.69) is 14.9 Å². The zero-order valence-corrected chi connectivity index (χ0v) is 12.0. The molecule has 108 valence electrons. The lowest BCUT2D eigenvalue weighted by molar-refractivity contribution is 0.0701. The highest BCUT2D eigenvalue weighted by Crippen LogP contribution is 2.25. The van der Waals surface area contributed by atoms with Crippen LogP contribution in [-0.4, -0.2) is 36.2 Å². The van der Waals surface area contributed by atoms with Gasteiger partial charge in [0, 0.05) is 13.0 Å². The SMILES string of the molecule is Cc1cc(S(=O)(=O)NCCc2ncno2)sc1C(=O)O. The molecule has 0 aliphatic rings. The van der Waals surface area contributed by atoms with Gasteiger partial charge in [-0.05, 0) is 18.6 Å². The summed E-state index contributed by atoms with van der Waals surface area (Å²) in [6.45, 7) is 1.64. The summed E-state index contributed by atoms with van der Waals surface area (Å²) in [5.74, 6) is -0.818. The molecular weight excluding hydrogens is 306 g/mol. The van der Waals surface area contributed by atoms with E-state index in [1.165, 1.54) is 12.4 Å². The number of aromatic nitrogens is 2. The molecule has 2 aromatic rings. The van der Waals surface area contributed by atoms with Gasteiger partial charge in [-0.1, -0.05) is 5.16 Å². The van der Waals surface area contributed by atoms with Crippen LogP contribution in [0.25, 0.3) is 0 Å². The van der Waals surface area contributed by atoms with Crippen LogP contribution in [0.4, 0.5) is 0 Å². The molecule has 0 spiro atoms.